The van der Waals surface area contributed by atoms with Gasteiger partial charge in [-0.15, -0.1) is 0 Å². The van der Waals surface area contributed by atoms with Crippen molar-refractivity contribution < 1.29 is 9.18 Å². The maximum Gasteiger partial charge on any atom is 0.267 e. The number of rotatable bonds is 6. The number of unbranched alkanes of at least 4 members (excludes halogenated alkanes) is 1. The summed E-state index contributed by atoms with van der Waals surface area (Å²) in [6.45, 7) is 5.13. The van der Waals surface area contributed by atoms with Crippen LogP contribution in [0.1, 0.15) is 49.5 Å². The minimum atomic E-state index is -0.290. The third-order valence-corrected chi connectivity index (χ3v) is 4.87. The lowest BCUT2D eigenvalue weighted by atomic mass is 10.0. The van der Waals surface area contributed by atoms with Gasteiger partial charge < -0.3 is 10.3 Å². The summed E-state index contributed by atoms with van der Waals surface area (Å²) < 4.78 is 13.3. The van der Waals surface area contributed by atoms with E-state index in [9.17, 15) is 9.18 Å². The van der Waals surface area contributed by atoms with E-state index in [1.54, 1.807) is 12.1 Å². The molecule has 0 radical (unpaired) electrons. The number of piperidine rings is 1. The van der Waals surface area contributed by atoms with Crippen molar-refractivity contribution in [3.05, 3.63) is 35.8 Å². The molecule has 3 rings (SSSR count). The molecule has 1 saturated heterocycles. The number of fused-ring (bicyclic) bond motifs is 1. The molecule has 2 N–H and O–H groups in total. The molecule has 130 valence electrons. The number of carbonyl (C=O) groups is 1. The molecule has 1 amide bonds. The van der Waals surface area contributed by atoms with Crippen LogP contribution in [0, 0.1) is 5.82 Å². The van der Waals surface area contributed by atoms with Crippen molar-refractivity contribution >= 4 is 16.8 Å². The van der Waals surface area contributed by atoms with Crippen LogP contribution in [0.3, 0.4) is 0 Å². The second-order valence-corrected chi connectivity index (χ2v) is 6.66. The Bertz CT molecular complexity index is 697. The van der Waals surface area contributed by atoms with Gasteiger partial charge in [0, 0.05) is 23.5 Å². The highest BCUT2D eigenvalue weighted by Crippen LogP contribution is 2.18. The number of benzene rings is 1. The molecule has 2 aromatic rings. The molecule has 24 heavy (non-hydrogen) atoms. The summed E-state index contributed by atoms with van der Waals surface area (Å²) in [5, 5.41) is 3.77. The van der Waals surface area contributed by atoms with Crippen LogP contribution in [0.5, 0.6) is 0 Å². The predicted molar refractivity (Wildman–Crippen MR) is 94.7 cm³/mol. The largest absolute Gasteiger partial charge is 0.351 e. The summed E-state index contributed by atoms with van der Waals surface area (Å²) in [5.41, 5.74) is 1.27. The predicted octanol–water partition coefficient (Wildman–Crippen LogP) is 3.69. The van der Waals surface area contributed by atoms with Crippen molar-refractivity contribution in [2.45, 2.75) is 45.1 Å². The number of nitrogens with zero attached hydrogens (tertiary/aromatic N) is 1. The third-order valence-electron chi connectivity index (χ3n) is 4.87. The first-order chi connectivity index (χ1) is 11.7. The van der Waals surface area contributed by atoms with E-state index < -0.39 is 0 Å². The molecule has 2 heterocycles. The number of hydrogen-bond acceptors (Lipinski definition) is 2. The summed E-state index contributed by atoms with van der Waals surface area (Å²) in [7, 11) is 0. The minimum absolute atomic E-state index is 0.118. The Morgan fingerprint density at radius 2 is 2.25 bits per heavy atom. The summed E-state index contributed by atoms with van der Waals surface area (Å²) >= 11 is 0. The van der Waals surface area contributed by atoms with Crippen molar-refractivity contribution in [3.63, 3.8) is 0 Å². The fourth-order valence-corrected chi connectivity index (χ4v) is 3.48. The van der Waals surface area contributed by atoms with Crippen LogP contribution in [-0.4, -0.2) is 41.5 Å². The zero-order valence-electron chi connectivity index (χ0n) is 14.3. The van der Waals surface area contributed by atoms with Gasteiger partial charge >= 0.3 is 0 Å². The van der Waals surface area contributed by atoms with E-state index in [1.165, 1.54) is 37.8 Å². The number of likely N-dealkylation sites (tertiary alicyclic amines) is 1. The van der Waals surface area contributed by atoms with Crippen molar-refractivity contribution in [1.82, 2.24) is 15.2 Å². The van der Waals surface area contributed by atoms with E-state index in [1.807, 2.05) is 0 Å². The van der Waals surface area contributed by atoms with Crippen LogP contribution in [0.25, 0.3) is 10.9 Å². The number of amides is 1. The van der Waals surface area contributed by atoms with Gasteiger partial charge in [-0.25, -0.2) is 4.39 Å². The van der Waals surface area contributed by atoms with Gasteiger partial charge in [-0.2, -0.15) is 0 Å². The summed E-state index contributed by atoms with van der Waals surface area (Å²) in [6.07, 6.45) is 6.03. The molecule has 0 spiro atoms. The van der Waals surface area contributed by atoms with Crippen LogP contribution in [0.4, 0.5) is 4.39 Å². The van der Waals surface area contributed by atoms with Gasteiger partial charge in [0.2, 0.25) is 0 Å². The molecule has 0 bridgehead atoms. The van der Waals surface area contributed by atoms with Gasteiger partial charge in [-0.05, 0) is 56.6 Å². The maximum absolute atomic E-state index is 13.3. The first kappa shape index (κ1) is 17.0. The second kappa shape index (κ2) is 7.79. The average molecular weight is 331 g/mol. The number of H-pyrrole nitrogens is 1. The molecule has 1 fully saturated rings. The van der Waals surface area contributed by atoms with E-state index in [4.69, 9.17) is 0 Å². The summed E-state index contributed by atoms with van der Waals surface area (Å²) in [5.74, 6) is -0.408. The van der Waals surface area contributed by atoms with E-state index in [-0.39, 0.29) is 11.7 Å². The number of aromatic amines is 1. The van der Waals surface area contributed by atoms with Crippen LogP contribution in [0.15, 0.2) is 24.3 Å². The molecule has 5 heteroatoms. The highest BCUT2D eigenvalue weighted by atomic mass is 19.1. The lowest BCUT2D eigenvalue weighted by molar-refractivity contribution is 0.0908. The monoisotopic (exact) mass is 331 g/mol. The summed E-state index contributed by atoms with van der Waals surface area (Å²) in [4.78, 5) is 18.0. The molecule has 4 nitrogen and oxygen atoms in total. The number of carbonyl (C=O) groups excluding carboxylic acids is 1. The number of halogens is 1. The van der Waals surface area contributed by atoms with Crippen molar-refractivity contribution in [3.8, 4) is 0 Å². The van der Waals surface area contributed by atoms with Crippen LogP contribution < -0.4 is 5.32 Å². The van der Waals surface area contributed by atoms with Crippen LogP contribution in [0.2, 0.25) is 0 Å². The first-order valence-corrected chi connectivity index (χ1v) is 8.98. The number of hydrogen-bond donors (Lipinski definition) is 2. The topological polar surface area (TPSA) is 48.1 Å². The van der Waals surface area contributed by atoms with Gasteiger partial charge in [0.25, 0.3) is 5.91 Å². The highest BCUT2D eigenvalue weighted by molar-refractivity contribution is 5.98. The Hall–Kier alpha value is -1.88. The maximum atomic E-state index is 13.3. The van der Waals surface area contributed by atoms with Gasteiger partial charge in [0.1, 0.15) is 11.5 Å². The Balaban J connectivity index is 1.60. The van der Waals surface area contributed by atoms with Crippen molar-refractivity contribution in [1.29, 1.82) is 0 Å². The molecule has 1 aromatic carbocycles. The van der Waals surface area contributed by atoms with E-state index in [0.29, 0.717) is 18.3 Å². The lowest BCUT2D eigenvalue weighted by Crippen LogP contribution is -2.47. The quantitative estimate of drug-likeness (QED) is 0.848. The molecule has 1 atom stereocenters. The molecule has 1 unspecified atom stereocenters. The summed E-state index contributed by atoms with van der Waals surface area (Å²) in [6, 6.07) is 6.64. The second-order valence-electron chi connectivity index (χ2n) is 6.66. The van der Waals surface area contributed by atoms with Crippen molar-refractivity contribution in [2.75, 3.05) is 19.6 Å². The molecule has 1 aromatic heterocycles. The zero-order chi connectivity index (χ0) is 16.9. The Labute approximate surface area is 142 Å². The highest BCUT2D eigenvalue weighted by Gasteiger charge is 2.22. The molecule has 0 saturated carbocycles. The standard InChI is InChI=1S/C19H26FN3O/c1-2-3-9-23-10-5-4-6-16(23)13-21-19(24)18-12-14-11-15(20)7-8-17(14)22-18/h7-8,11-12,16,22H,2-6,9-10,13H2,1H3,(H,21,24). The van der Waals surface area contributed by atoms with Crippen LogP contribution >= 0.6 is 0 Å². The molecule has 0 aliphatic carbocycles. The Kier molecular flexibility index (Phi) is 5.51. The SMILES string of the molecule is CCCCN1CCCCC1CNC(=O)c1cc2cc(F)ccc2[nH]1. The van der Waals surface area contributed by atoms with Gasteiger partial charge in [0.15, 0.2) is 0 Å². The van der Waals surface area contributed by atoms with E-state index in [2.05, 4.69) is 22.1 Å². The fraction of sp³-hybridized carbons (Fsp3) is 0.526. The van der Waals surface area contributed by atoms with Gasteiger partial charge in [-0.1, -0.05) is 19.8 Å². The molecular weight excluding hydrogens is 305 g/mol. The normalized spacial score (nSPS) is 18.8. The average Bonchev–Trinajstić information content (AvgIpc) is 3.01. The van der Waals surface area contributed by atoms with E-state index in [0.717, 1.165) is 30.4 Å². The lowest BCUT2D eigenvalue weighted by Gasteiger charge is -2.35. The first-order valence-electron chi connectivity index (χ1n) is 8.98. The van der Waals surface area contributed by atoms with Gasteiger partial charge in [-0.3, -0.25) is 9.69 Å². The number of nitrogens with one attached hydrogen (secondary N) is 2. The van der Waals surface area contributed by atoms with E-state index >= 15 is 0 Å². The molecule has 1 aliphatic heterocycles. The molecular formula is C19H26FN3O. The van der Waals surface area contributed by atoms with Gasteiger partial charge in [0.05, 0.1) is 0 Å². The number of aromatic nitrogens is 1. The fourth-order valence-electron chi connectivity index (χ4n) is 3.48. The van der Waals surface area contributed by atoms with Crippen LogP contribution in [-0.2, 0) is 0 Å². The minimum Gasteiger partial charge on any atom is -0.351 e. The molecule has 1 aliphatic rings. The Morgan fingerprint density at radius 1 is 1.38 bits per heavy atom. The Morgan fingerprint density at radius 3 is 3.08 bits per heavy atom. The zero-order valence-corrected chi connectivity index (χ0v) is 14.3. The smallest absolute Gasteiger partial charge is 0.267 e. The third kappa shape index (κ3) is 3.96. The van der Waals surface area contributed by atoms with Crippen molar-refractivity contribution in [2.24, 2.45) is 0 Å².